The van der Waals surface area contributed by atoms with Crippen molar-refractivity contribution in [3.05, 3.63) is 35.7 Å². The molecule has 1 amide bonds. The fraction of sp³-hybridized carbons (Fsp3) is 0.0833. The van der Waals surface area contributed by atoms with Crippen LogP contribution in [0, 0.1) is 0 Å². The van der Waals surface area contributed by atoms with Gasteiger partial charge in [-0.2, -0.15) is 0 Å². The second-order valence-electron chi connectivity index (χ2n) is 3.75. The van der Waals surface area contributed by atoms with E-state index in [2.05, 4.69) is 5.32 Å². The van der Waals surface area contributed by atoms with E-state index in [4.69, 9.17) is 20.2 Å². The quantitative estimate of drug-likeness (QED) is 0.858. The largest absolute Gasteiger partial charge is 0.497 e. The Bertz CT molecular complexity index is 739. The van der Waals surface area contributed by atoms with Gasteiger partial charge in [-0.25, -0.2) is 13.2 Å². The number of halogens is 1. The standard InChI is InChI=1S/C12H10ClNO5S2/c1-18-9-4-2-8(3-5-9)14-12(15)19-11-10(6-7-20-11)21(13,16)17/h2-7H,1H3,(H,14,15). The van der Waals surface area contributed by atoms with Gasteiger partial charge in [-0.1, -0.05) is 0 Å². The van der Waals surface area contributed by atoms with Crippen molar-refractivity contribution in [1.82, 2.24) is 0 Å². The maximum atomic E-state index is 11.7. The second-order valence-corrected chi connectivity index (χ2v) is 7.17. The van der Waals surface area contributed by atoms with Gasteiger partial charge in [0.05, 0.1) is 7.11 Å². The van der Waals surface area contributed by atoms with Crippen molar-refractivity contribution in [1.29, 1.82) is 0 Å². The van der Waals surface area contributed by atoms with Gasteiger partial charge >= 0.3 is 6.09 Å². The minimum Gasteiger partial charge on any atom is -0.497 e. The second kappa shape index (κ2) is 6.33. The summed E-state index contributed by atoms with van der Waals surface area (Å²) < 4.78 is 32.5. The number of hydrogen-bond donors (Lipinski definition) is 1. The van der Waals surface area contributed by atoms with E-state index in [1.54, 1.807) is 24.3 Å². The zero-order valence-electron chi connectivity index (χ0n) is 10.7. The van der Waals surface area contributed by atoms with Gasteiger partial charge in [-0.05, 0) is 35.7 Å². The molecule has 2 aromatic rings. The molecule has 1 aromatic heterocycles. The van der Waals surface area contributed by atoms with Crippen LogP contribution in [-0.4, -0.2) is 21.6 Å². The van der Waals surface area contributed by atoms with Gasteiger partial charge in [0.25, 0.3) is 9.05 Å². The molecule has 0 saturated heterocycles. The van der Waals surface area contributed by atoms with Crippen molar-refractivity contribution in [2.45, 2.75) is 4.90 Å². The van der Waals surface area contributed by atoms with Crippen LogP contribution in [-0.2, 0) is 9.05 Å². The summed E-state index contributed by atoms with van der Waals surface area (Å²) in [6.45, 7) is 0. The Balaban J connectivity index is 2.07. The summed E-state index contributed by atoms with van der Waals surface area (Å²) >= 11 is 0.955. The molecule has 0 spiro atoms. The molecule has 0 bridgehead atoms. The first kappa shape index (κ1) is 15.6. The van der Waals surface area contributed by atoms with Crippen LogP contribution in [0.1, 0.15) is 0 Å². The lowest BCUT2D eigenvalue weighted by Crippen LogP contribution is -2.16. The Morgan fingerprint density at radius 1 is 1.24 bits per heavy atom. The number of methoxy groups -OCH3 is 1. The number of hydrogen-bond acceptors (Lipinski definition) is 6. The molecule has 112 valence electrons. The Labute approximate surface area is 129 Å². The van der Waals surface area contributed by atoms with Gasteiger partial charge in [0.15, 0.2) is 0 Å². The molecule has 0 unspecified atom stereocenters. The lowest BCUT2D eigenvalue weighted by Gasteiger charge is -2.06. The summed E-state index contributed by atoms with van der Waals surface area (Å²) in [5.41, 5.74) is 0.479. The van der Waals surface area contributed by atoms with Crippen LogP contribution < -0.4 is 14.8 Å². The number of thiophene rings is 1. The van der Waals surface area contributed by atoms with Gasteiger partial charge in [0.1, 0.15) is 10.6 Å². The zero-order chi connectivity index (χ0) is 15.5. The van der Waals surface area contributed by atoms with E-state index >= 15 is 0 Å². The molecule has 0 aliphatic rings. The number of anilines is 1. The van der Waals surface area contributed by atoms with E-state index in [1.165, 1.54) is 18.6 Å². The fourth-order valence-electron chi connectivity index (χ4n) is 1.44. The normalized spacial score (nSPS) is 11.0. The molecular weight excluding hydrogens is 338 g/mol. The molecule has 0 aliphatic carbocycles. The van der Waals surface area contributed by atoms with Crippen molar-refractivity contribution in [2.75, 3.05) is 12.4 Å². The molecule has 9 heteroatoms. The molecule has 21 heavy (non-hydrogen) atoms. The summed E-state index contributed by atoms with van der Waals surface area (Å²) in [5, 5.41) is 3.84. The number of carbonyl (C=O) groups excluding carboxylic acids is 1. The smallest absolute Gasteiger partial charge is 0.417 e. The molecule has 1 heterocycles. The predicted octanol–water partition coefficient (Wildman–Crippen LogP) is 3.30. The van der Waals surface area contributed by atoms with Crippen molar-refractivity contribution < 1.29 is 22.7 Å². The van der Waals surface area contributed by atoms with E-state index in [0.717, 1.165) is 11.3 Å². The third-order valence-electron chi connectivity index (χ3n) is 2.38. The van der Waals surface area contributed by atoms with Crippen LogP contribution in [0.2, 0.25) is 0 Å². The van der Waals surface area contributed by atoms with Crippen molar-refractivity contribution in [3.8, 4) is 10.8 Å². The maximum absolute atomic E-state index is 11.7. The number of carbonyl (C=O) groups is 1. The van der Waals surface area contributed by atoms with Gasteiger partial charge in [-0.3, -0.25) is 5.32 Å². The third kappa shape index (κ3) is 4.10. The highest BCUT2D eigenvalue weighted by Gasteiger charge is 2.20. The maximum Gasteiger partial charge on any atom is 0.417 e. The van der Waals surface area contributed by atoms with Crippen LogP contribution in [0.15, 0.2) is 40.6 Å². The SMILES string of the molecule is COc1ccc(NC(=O)Oc2sccc2S(=O)(=O)Cl)cc1. The van der Waals surface area contributed by atoms with E-state index in [9.17, 15) is 13.2 Å². The highest BCUT2D eigenvalue weighted by atomic mass is 35.7. The molecule has 1 N–H and O–H groups in total. The van der Waals surface area contributed by atoms with Crippen LogP contribution in [0.4, 0.5) is 10.5 Å². The van der Waals surface area contributed by atoms with Crippen LogP contribution in [0.3, 0.4) is 0 Å². The summed E-state index contributed by atoms with van der Waals surface area (Å²) in [7, 11) is 2.81. The van der Waals surface area contributed by atoms with Crippen molar-refractivity contribution >= 4 is 42.9 Å². The summed E-state index contributed by atoms with van der Waals surface area (Å²) in [5.74, 6) is 0.641. The number of amides is 1. The number of benzene rings is 1. The number of ether oxygens (including phenoxy) is 2. The molecule has 0 saturated carbocycles. The van der Waals surface area contributed by atoms with Crippen LogP contribution in [0.5, 0.6) is 10.8 Å². The summed E-state index contributed by atoms with van der Waals surface area (Å²) in [6.07, 6.45) is -0.816. The minimum atomic E-state index is -3.96. The van der Waals surface area contributed by atoms with Crippen molar-refractivity contribution in [3.63, 3.8) is 0 Å². The summed E-state index contributed by atoms with van der Waals surface area (Å²) in [4.78, 5) is 11.5. The average molecular weight is 348 g/mol. The third-order valence-corrected chi connectivity index (χ3v) is 4.64. The molecule has 1 aromatic carbocycles. The molecule has 0 radical (unpaired) electrons. The molecule has 0 atom stereocenters. The Hall–Kier alpha value is -1.77. The first-order valence-electron chi connectivity index (χ1n) is 5.55. The summed E-state index contributed by atoms with van der Waals surface area (Å²) in [6, 6.07) is 7.83. The van der Waals surface area contributed by atoms with E-state index in [-0.39, 0.29) is 9.96 Å². The van der Waals surface area contributed by atoms with Gasteiger partial charge in [-0.15, -0.1) is 11.3 Å². The first-order valence-corrected chi connectivity index (χ1v) is 8.74. The van der Waals surface area contributed by atoms with Gasteiger partial charge < -0.3 is 9.47 Å². The van der Waals surface area contributed by atoms with E-state index in [0.29, 0.717) is 11.4 Å². The van der Waals surface area contributed by atoms with Gasteiger partial charge in [0, 0.05) is 16.4 Å². The van der Waals surface area contributed by atoms with E-state index < -0.39 is 15.1 Å². The molecule has 0 aliphatic heterocycles. The van der Waals surface area contributed by atoms with Crippen LogP contribution >= 0.6 is 22.0 Å². The predicted molar refractivity (Wildman–Crippen MR) is 80.0 cm³/mol. The Kier molecular flexibility index (Phi) is 4.71. The Morgan fingerprint density at radius 2 is 1.90 bits per heavy atom. The zero-order valence-corrected chi connectivity index (χ0v) is 13.1. The monoisotopic (exact) mass is 347 g/mol. The molecule has 2 rings (SSSR count). The Morgan fingerprint density at radius 3 is 2.48 bits per heavy atom. The first-order chi connectivity index (χ1) is 9.90. The van der Waals surface area contributed by atoms with Crippen LogP contribution in [0.25, 0.3) is 0 Å². The minimum absolute atomic E-state index is 0.0870. The average Bonchev–Trinajstić information content (AvgIpc) is 2.87. The highest BCUT2D eigenvalue weighted by molar-refractivity contribution is 8.14. The lowest BCUT2D eigenvalue weighted by atomic mass is 10.3. The highest BCUT2D eigenvalue weighted by Crippen LogP contribution is 2.32. The fourth-order valence-corrected chi connectivity index (χ4v) is 3.61. The molecule has 6 nitrogen and oxygen atoms in total. The van der Waals surface area contributed by atoms with E-state index in [1.807, 2.05) is 0 Å². The number of nitrogens with one attached hydrogen (secondary N) is 1. The van der Waals surface area contributed by atoms with Crippen molar-refractivity contribution in [2.24, 2.45) is 0 Å². The lowest BCUT2D eigenvalue weighted by molar-refractivity contribution is 0.215. The van der Waals surface area contributed by atoms with Gasteiger partial charge in [0.2, 0.25) is 5.06 Å². The topological polar surface area (TPSA) is 81.7 Å². The number of rotatable bonds is 4. The molecule has 0 fully saturated rings. The molecular formula is C12H10ClNO5S2.